The standard InChI is InChI=1S/C14H13F2NS2/c15-10-3-1-2-9(13(10)16)14(17)12-6-8-7-18-5-4-11(8)19-12/h1-3,6,14H,4-5,7,17H2. The molecule has 5 heteroatoms. The number of fused-ring (bicyclic) bond motifs is 1. The Morgan fingerprint density at radius 3 is 2.89 bits per heavy atom. The van der Waals surface area contributed by atoms with Crippen LogP contribution in [0.15, 0.2) is 24.3 Å². The summed E-state index contributed by atoms with van der Waals surface area (Å²) in [4.78, 5) is 2.25. The SMILES string of the molecule is NC(c1cc2c(s1)CCSC2)c1cccc(F)c1F. The molecule has 1 aliphatic heterocycles. The fraction of sp³-hybridized carbons (Fsp3) is 0.286. The van der Waals surface area contributed by atoms with Crippen molar-refractivity contribution in [2.24, 2.45) is 5.73 Å². The normalized spacial score (nSPS) is 16.2. The Hall–Kier alpha value is -0.910. The first-order valence-corrected chi connectivity index (χ1v) is 8.02. The molecule has 0 radical (unpaired) electrons. The molecule has 1 aromatic heterocycles. The first kappa shape index (κ1) is 13.1. The van der Waals surface area contributed by atoms with Gasteiger partial charge in [0.15, 0.2) is 11.6 Å². The zero-order chi connectivity index (χ0) is 13.4. The van der Waals surface area contributed by atoms with Crippen molar-refractivity contribution in [1.82, 2.24) is 0 Å². The highest BCUT2D eigenvalue weighted by Gasteiger charge is 2.21. The predicted molar refractivity (Wildman–Crippen MR) is 76.6 cm³/mol. The van der Waals surface area contributed by atoms with Gasteiger partial charge < -0.3 is 5.73 Å². The van der Waals surface area contributed by atoms with Crippen molar-refractivity contribution in [2.45, 2.75) is 18.2 Å². The minimum atomic E-state index is -0.843. The van der Waals surface area contributed by atoms with E-state index >= 15 is 0 Å². The second-order valence-electron chi connectivity index (χ2n) is 4.52. The van der Waals surface area contributed by atoms with Gasteiger partial charge in [-0.25, -0.2) is 8.78 Å². The number of nitrogens with two attached hydrogens (primary N) is 1. The molecule has 2 heterocycles. The number of hydrogen-bond donors (Lipinski definition) is 1. The Balaban J connectivity index is 1.97. The molecule has 0 bridgehead atoms. The fourth-order valence-corrected chi connectivity index (χ4v) is 4.63. The summed E-state index contributed by atoms with van der Waals surface area (Å²) in [5.74, 6) is 0.432. The highest BCUT2D eigenvalue weighted by molar-refractivity contribution is 7.98. The van der Waals surface area contributed by atoms with Gasteiger partial charge in [0.2, 0.25) is 0 Å². The fourth-order valence-electron chi connectivity index (χ4n) is 2.24. The van der Waals surface area contributed by atoms with E-state index in [1.807, 2.05) is 17.8 Å². The van der Waals surface area contributed by atoms with E-state index in [2.05, 4.69) is 0 Å². The number of thioether (sulfide) groups is 1. The second-order valence-corrected chi connectivity index (χ2v) is 6.79. The third-order valence-corrected chi connectivity index (χ3v) is 5.60. The van der Waals surface area contributed by atoms with Crippen molar-refractivity contribution in [2.75, 3.05) is 5.75 Å². The Kier molecular flexibility index (Phi) is 3.60. The average molecular weight is 297 g/mol. The van der Waals surface area contributed by atoms with Crippen LogP contribution in [0.5, 0.6) is 0 Å². The van der Waals surface area contributed by atoms with Crippen molar-refractivity contribution in [1.29, 1.82) is 0 Å². The smallest absolute Gasteiger partial charge is 0.163 e. The molecule has 0 fully saturated rings. The summed E-state index contributed by atoms with van der Waals surface area (Å²) in [5, 5.41) is 0. The molecule has 1 aliphatic rings. The topological polar surface area (TPSA) is 26.0 Å². The van der Waals surface area contributed by atoms with Gasteiger partial charge in [-0.05, 0) is 29.9 Å². The lowest BCUT2D eigenvalue weighted by molar-refractivity contribution is 0.495. The highest BCUT2D eigenvalue weighted by Crippen LogP contribution is 2.36. The Morgan fingerprint density at radius 1 is 1.26 bits per heavy atom. The monoisotopic (exact) mass is 297 g/mol. The molecule has 100 valence electrons. The molecule has 1 aromatic carbocycles. The summed E-state index contributed by atoms with van der Waals surface area (Å²) in [6.07, 6.45) is 1.04. The average Bonchev–Trinajstić information content (AvgIpc) is 2.85. The van der Waals surface area contributed by atoms with E-state index in [0.29, 0.717) is 0 Å². The number of benzene rings is 1. The first-order valence-electron chi connectivity index (χ1n) is 6.05. The molecule has 0 amide bonds. The third kappa shape index (κ3) is 2.42. The maximum absolute atomic E-state index is 13.8. The summed E-state index contributed by atoms with van der Waals surface area (Å²) < 4.78 is 27.0. The molecule has 1 atom stereocenters. The third-order valence-electron chi connectivity index (χ3n) is 3.27. The molecule has 0 saturated heterocycles. The molecular weight excluding hydrogens is 284 g/mol. The Labute approximate surface area is 118 Å². The lowest BCUT2D eigenvalue weighted by Gasteiger charge is -2.11. The zero-order valence-electron chi connectivity index (χ0n) is 10.2. The minimum Gasteiger partial charge on any atom is -0.320 e. The van der Waals surface area contributed by atoms with Gasteiger partial charge in [-0.15, -0.1) is 11.3 Å². The van der Waals surface area contributed by atoms with Gasteiger partial charge in [0.1, 0.15) is 0 Å². The zero-order valence-corrected chi connectivity index (χ0v) is 11.8. The van der Waals surface area contributed by atoms with Crippen molar-refractivity contribution in [3.63, 3.8) is 0 Å². The second kappa shape index (κ2) is 5.23. The van der Waals surface area contributed by atoms with Crippen LogP contribution in [0.25, 0.3) is 0 Å². The molecule has 0 spiro atoms. The van der Waals surface area contributed by atoms with Crippen molar-refractivity contribution < 1.29 is 8.78 Å². The van der Waals surface area contributed by atoms with Crippen LogP contribution in [-0.4, -0.2) is 5.75 Å². The van der Waals surface area contributed by atoms with E-state index in [-0.39, 0.29) is 5.56 Å². The molecule has 19 heavy (non-hydrogen) atoms. The molecule has 3 rings (SSSR count). The van der Waals surface area contributed by atoms with E-state index in [0.717, 1.165) is 28.9 Å². The Bertz CT molecular complexity index is 586. The number of rotatable bonds is 2. The van der Waals surface area contributed by atoms with E-state index in [1.54, 1.807) is 17.4 Å². The summed E-state index contributed by atoms with van der Waals surface area (Å²) >= 11 is 3.52. The Morgan fingerprint density at radius 2 is 2.11 bits per heavy atom. The van der Waals surface area contributed by atoms with E-state index in [9.17, 15) is 8.78 Å². The predicted octanol–water partition coefficient (Wildman–Crippen LogP) is 3.86. The van der Waals surface area contributed by atoms with Gasteiger partial charge >= 0.3 is 0 Å². The van der Waals surface area contributed by atoms with E-state index in [1.165, 1.54) is 16.5 Å². The summed E-state index contributed by atoms with van der Waals surface area (Å²) in [6, 6.07) is 5.62. The van der Waals surface area contributed by atoms with Gasteiger partial charge in [-0.3, -0.25) is 0 Å². The summed E-state index contributed by atoms with van der Waals surface area (Å²) in [7, 11) is 0. The molecule has 2 aromatic rings. The lowest BCUT2D eigenvalue weighted by Crippen LogP contribution is -2.13. The molecule has 1 nitrogen and oxygen atoms in total. The van der Waals surface area contributed by atoms with Gasteiger partial charge in [0.25, 0.3) is 0 Å². The number of aryl methyl sites for hydroxylation is 1. The largest absolute Gasteiger partial charge is 0.320 e. The molecular formula is C14H13F2NS2. The lowest BCUT2D eigenvalue weighted by atomic mass is 10.0. The van der Waals surface area contributed by atoms with Crippen LogP contribution in [0.4, 0.5) is 8.78 Å². The van der Waals surface area contributed by atoms with E-state index in [4.69, 9.17) is 5.73 Å². The van der Waals surface area contributed by atoms with Crippen molar-refractivity contribution in [3.8, 4) is 0 Å². The van der Waals surface area contributed by atoms with Crippen LogP contribution in [0.1, 0.15) is 26.9 Å². The number of hydrogen-bond acceptors (Lipinski definition) is 3. The molecule has 0 aliphatic carbocycles. The first-order chi connectivity index (χ1) is 9.16. The van der Waals surface area contributed by atoms with Gasteiger partial charge in [-0.2, -0.15) is 11.8 Å². The van der Waals surface area contributed by atoms with Crippen LogP contribution in [0, 0.1) is 11.6 Å². The van der Waals surface area contributed by atoms with E-state index < -0.39 is 17.7 Å². The number of halogens is 2. The van der Waals surface area contributed by atoms with Crippen molar-refractivity contribution in [3.05, 3.63) is 56.8 Å². The maximum Gasteiger partial charge on any atom is 0.163 e. The molecule has 0 saturated carbocycles. The van der Waals surface area contributed by atoms with Gasteiger partial charge in [-0.1, -0.05) is 12.1 Å². The number of thiophene rings is 1. The highest BCUT2D eigenvalue weighted by atomic mass is 32.2. The minimum absolute atomic E-state index is 0.228. The van der Waals surface area contributed by atoms with Crippen LogP contribution >= 0.6 is 23.1 Å². The summed E-state index contributed by atoms with van der Waals surface area (Å²) in [5.41, 5.74) is 7.62. The van der Waals surface area contributed by atoms with Gasteiger partial charge in [0, 0.05) is 21.1 Å². The molecule has 2 N–H and O–H groups in total. The quantitative estimate of drug-likeness (QED) is 0.911. The van der Waals surface area contributed by atoms with Crippen LogP contribution in [0.2, 0.25) is 0 Å². The molecule has 1 unspecified atom stereocenters. The van der Waals surface area contributed by atoms with Gasteiger partial charge in [0.05, 0.1) is 6.04 Å². The van der Waals surface area contributed by atoms with Crippen LogP contribution in [0.3, 0.4) is 0 Å². The maximum atomic E-state index is 13.8. The van der Waals surface area contributed by atoms with Crippen LogP contribution < -0.4 is 5.73 Å². The van der Waals surface area contributed by atoms with Crippen molar-refractivity contribution >= 4 is 23.1 Å². The van der Waals surface area contributed by atoms with Crippen LogP contribution in [-0.2, 0) is 12.2 Å². The summed E-state index contributed by atoms with van der Waals surface area (Å²) in [6.45, 7) is 0.